The van der Waals surface area contributed by atoms with Crippen LogP contribution in [0.25, 0.3) is 21.9 Å². The van der Waals surface area contributed by atoms with Gasteiger partial charge in [0.2, 0.25) is 0 Å². The lowest BCUT2D eigenvalue weighted by molar-refractivity contribution is 0.144. The van der Waals surface area contributed by atoms with Gasteiger partial charge >= 0.3 is 0 Å². The van der Waals surface area contributed by atoms with Gasteiger partial charge in [0.25, 0.3) is 0 Å². The Hall–Kier alpha value is -2.21. The molecule has 0 unspecified atom stereocenters. The van der Waals surface area contributed by atoms with E-state index < -0.39 is 0 Å². The van der Waals surface area contributed by atoms with Gasteiger partial charge in [-0.1, -0.05) is 0 Å². The Kier molecular flexibility index (Phi) is 4.76. The zero-order valence-electron chi connectivity index (χ0n) is 14.5. The van der Waals surface area contributed by atoms with E-state index in [1.54, 1.807) is 19.5 Å². The summed E-state index contributed by atoms with van der Waals surface area (Å²) in [5.41, 5.74) is 3.08. The summed E-state index contributed by atoms with van der Waals surface area (Å²) in [5.74, 6) is 0. The molecule has 0 spiro atoms. The van der Waals surface area contributed by atoms with Crippen LogP contribution in [0.1, 0.15) is 5.69 Å². The lowest BCUT2D eigenvalue weighted by Gasteiger charge is -2.36. The Morgan fingerprint density at radius 2 is 2.08 bits per heavy atom. The predicted octanol–water partition coefficient (Wildman–Crippen LogP) is 2.51. The highest BCUT2D eigenvalue weighted by Gasteiger charge is 2.24. The molecule has 3 aromatic rings. The summed E-state index contributed by atoms with van der Waals surface area (Å²) < 4.78 is 6.09. The number of rotatable bonds is 4. The molecular formula is C18H19BrN6O. The van der Waals surface area contributed by atoms with E-state index >= 15 is 0 Å². The standard InChI is InChI=1S/C18H19BrN6O/c1-26-7-6-24-2-4-25(5-3-24)17-14(9-20)21-11-15-16(17)13-8-12(19)10-22-18(13)23-15/h8,10-11H,2-7H2,1H3,(H,22,23). The Bertz CT molecular complexity index is 987. The van der Waals surface area contributed by atoms with Gasteiger partial charge in [0, 0.05) is 61.3 Å². The zero-order valence-corrected chi connectivity index (χ0v) is 16.1. The van der Waals surface area contributed by atoms with Crippen molar-refractivity contribution in [2.45, 2.75) is 0 Å². The van der Waals surface area contributed by atoms with Crippen molar-refractivity contribution in [3.05, 3.63) is 28.6 Å². The van der Waals surface area contributed by atoms with E-state index in [0.29, 0.717) is 5.69 Å². The lowest BCUT2D eigenvalue weighted by atomic mass is 10.1. The molecule has 1 saturated heterocycles. The minimum absolute atomic E-state index is 0.462. The molecule has 1 N–H and O–H groups in total. The first kappa shape index (κ1) is 17.2. The van der Waals surface area contributed by atoms with Crippen LogP contribution in [-0.4, -0.2) is 66.3 Å². The van der Waals surface area contributed by atoms with Crippen LogP contribution in [0.5, 0.6) is 0 Å². The van der Waals surface area contributed by atoms with E-state index in [-0.39, 0.29) is 0 Å². The van der Waals surface area contributed by atoms with Crippen LogP contribution in [0, 0.1) is 11.3 Å². The van der Waals surface area contributed by atoms with Gasteiger partial charge in [-0.2, -0.15) is 5.26 Å². The normalized spacial score (nSPS) is 15.7. The van der Waals surface area contributed by atoms with Crippen molar-refractivity contribution in [1.82, 2.24) is 19.9 Å². The molecule has 1 aliphatic rings. The number of nitriles is 1. The predicted molar refractivity (Wildman–Crippen MR) is 104 cm³/mol. The maximum absolute atomic E-state index is 9.64. The third kappa shape index (κ3) is 3.03. The number of fused-ring (bicyclic) bond motifs is 3. The first-order valence-corrected chi connectivity index (χ1v) is 9.33. The zero-order chi connectivity index (χ0) is 18.1. The van der Waals surface area contributed by atoms with Crippen molar-refractivity contribution in [2.75, 3.05) is 51.3 Å². The monoisotopic (exact) mass is 414 g/mol. The van der Waals surface area contributed by atoms with Gasteiger partial charge in [-0.15, -0.1) is 0 Å². The second kappa shape index (κ2) is 7.19. The first-order chi connectivity index (χ1) is 12.7. The Labute approximate surface area is 159 Å². The number of hydrogen-bond donors (Lipinski definition) is 1. The molecule has 0 atom stereocenters. The van der Waals surface area contributed by atoms with Crippen molar-refractivity contribution >= 4 is 43.6 Å². The SMILES string of the molecule is COCCN1CCN(c2c(C#N)ncc3[nH]c4ncc(Br)cc4c23)CC1. The fourth-order valence-corrected chi connectivity index (χ4v) is 3.86. The fraction of sp³-hybridized carbons (Fsp3) is 0.389. The minimum atomic E-state index is 0.462. The maximum atomic E-state index is 9.64. The average molecular weight is 415 g/mol. The van der Waals surface area contributed by atoms with Gasteiger partial charge in [0.15, 0.2) is 5.69 Å². The van der Waals surface area contributed by atoms with Crippen molar-refractivity contribution in [3.63, 3.8) is 0 Å². The highest BCUT2D eigenvalue weighted by Crippen LogP contribution is 2.36. The number of aromatic nitrogens is 3. The van der Waals surface area contributed by atoms with Gasteiger partial charge < -0.3 is 14.6 Å². The van der Waals surface area contributed by atoms with Crippen LogP contribution in [0.15, 0.2) is 22.9 Å². The third-order valence-corrected chi connectivity index (χ3v) is 5.27. The second-order valence-electron chi connectivity index (χ2n) is 6.35. The molecule has 0 aromatic carbocycles. The van der Waals surface area contributed by atoms with Gasteiger partial charge in [-0.3, -0.25) is 4.90 Å². The molecular weight excluding hydrogens is 396 g/mol. The Morgan fingerprint density at radius 1 is 1.27 bits per heavy atom. The summed E-state index contributed by atoms with van der Waals surface area (Å²) in [5, 5.41) is 11.7. The molecule has 26 heavy (non-hydrogen) atoms. The number of aromatic amines is 1. The van der Waals surface area contributed by atoms with E-state index in [9.17, 15) is 5.26 Å². The minimum Gasteiger partial charge on any atom is -0.383 e. The van der Waals surface area contributed by atoms with E-state index in [1.165, 1.54) is 0 Å². The maximum Gasteiger partial charge on any atom is 0.164 e. The molecule has 1 aliphatic heterocycles. The molecule has 0 saturated carbocycles. The molecule has 4 heterocycles. The van der Waals surface area contributed by atoms with Gasteiger partial charge in [0.1, 0.15) is 11.7 Å². The number of anilines is 1. The summed E-state index contributed by atoms with van der Waals surface area (Å²) in [6.07, 6.45) is 3.49. The number of H-pyrrole nitrogens is 1. The van der Waals surface area contributed by atoms with E-state index in [2.05, 4.69) is 46.8 Å². The summed E-state index contributed by atoms with van der Waals surface area (Å²) in [6, 6.07) is 4.31. The van der Waals surface area contributed by atoms with E-state index in [1.807, 2.05) is 6.07 Å². The lowest BCUT2D eigenvalue weighted by Crippen LogP contribution is -2.47. The molecule has 0 aliphatic carbocycles. The van der Waals surface area contributed by atoms with Crippen LogP contribution in [0.2, 0.25) is 0 Å². The van der Waals surface area contributed by atoms with Crippen LogP contribution in [0.3, 0.4) is 0 Å². The quantitative estimate of drug-likeness (QED) is 0.706. The number of pyridine rings is 2. The van der Waals surface area contributed by atoms with Gasteiger partial charge in [0.05, 0.1) is 24.0 Å². The van der Waals surface area contributed by atoms with Crippen molar-refractivity contribution < 1.29 is 4.74 Å². The van der Waals surface area contributed by atoms with Gasteiger partial charge in [-0.25, -0.2) is 9.97 Å². The molecule has 4 rings (SSSR count). The summed E-state index contributed by atoms with van der Waals surface area (Å²) in [7, 11) is 1.73. The second-order valence-corrected chi connectivity index (χ2v) is 7.27. The van der Waals surface area contributed by atoms with Crippen LogP contribution in [-0.2, 0) is 4.74 Å². The number of nitrogens with zero attached hydrogens (tertiary/aromatic N) is 5. The van der Waals surface area contributed by atoms with E-state index in [0.717, 1.165) is 71.4 Å². The number of nitrogens with one attached hydrogen (secondary N) is 1. The number of halogens is 1. The topological polar surface area (TPSA) is 81.1 Å². The smallest absolute Gasteiger partial charge is 0.164 e. The van der Waals surface area contributed by atoms with Crippen LogP contribution >= 0.6 is 15.9 Å². The Morgan fingerprint density at radius 3 is 2.81 bits per heavy atom. The number of piperazine rings is 1. The molecule has 0 bridgehead atoms. The summed E-state index contributed by atoms with van der Waals surface area (Å²) in [4.78, 5) is 16.8. The first-order valence-electron chi connectivity index (χ1n) is 8.53. The van der Waals surface area contributed by atoms with Crippen LogP contribution < -0.4 is 4.90 Å². The van der Waals surface area contributed by atoms with Gasteiger partial charge in [-0.05, 0) is 22.0 Å². The van der Waals surface area contributed by atoms with Crippen molar-refractivity contribution in [3.8, 4) is 6.07 Å². The third-order valence-electron chi connectivity index (χ3n) is 4.84. The van der Waals surface area contributed by atoms with Crippen molar-refractivity contribution in [2.24, 2.45) is 0 Å². The molecule has 7 nitrogen and oxygen atoms in total. The highest BCUT2D eigenvalue weighted by molar-refractivity contribution is 9.10. The largest absolute Gasteiger partial charge is 0.383 e. The molecule has 8 heteroatoms. The molecule has 3 aromatic heterocycles. The average Bonchev–Trinajstić information content (AvgIpc) is 3.04. The Balaban J connectivity index is 1.77. The number of hydrogen-bond acceptors (Lipinski definition) is 6. The molecule has 134 valence electrons. The molecule has 0 radical (unpaired) electrons. The molecule has 1 fully saturated rings. The van der Waals surface area contributed by atoms with Crippen LogP contribution in [0.4, 0.5) is 5.69 Å². The van der Waals surface area contributed by atoms with Crippen molar-refractivity contribution in [1.29, 1.82) is 5.26 Å². The number of ether oxygens (including phenoxy) is 1. The fourth-order valence-electron chi connectivity index (χ4n) is 3.53. The summed E-state index contributed by atoms with van der Waals surface area (Å²) in [6.45, 7) is 5.26. The summed E-state index contributed by atoms with van der Waals surface area (Å²) >= 11 is 3.50. The van der Waals surface area contributed by atoms with E-state index in [4.69, 9.17) is 4.74 Å². The highest BCUT2D eigenvalue weighted by atomic mass is 79.9. The molecule has 0 amide bonds. The number of methoxy groups -OCH3 is 1.